The molecule has 0 aliphatic heterocycles. The molecule has 5 nitrogen and oxygen atoms in total. The van der Waals surface area contributed by atoms with Gasteiger partial charge in [0.25, 0.3) is 0 Å². The monoisotopic (exact) mass is 313 g/mol. The van der Waals surface area contributed by atoms with Crippen molar-refractivity contribution in [3.63, 3.8) is 0 Å². The molecular weight excluding hydrogens is 294 g/mol. The van der Waals surface area contributed by atoms with Gasteiger partial charge in [-0.2, -0.15) is 0 Å². The Kier molecular flexibility index (Phi) is 5.61. The number of benzene rings is 1. The maximum atomic E-state index is 12.0. The van der Waals surface area contributed by atoms with Gasteiger partial charge in [0.05, 0.1) is 12.1 Å². The predicted octanol–water partition coefficient (Wildman–Crippen LogP) is 3.46. The molecule has 0 aliphatic carbocycles. The molecule has 0 N–H and O–H groups in total. The van der Waals surface area contributed by atoms with Crippen molar-refractivity contribution < 1.29 is 19.1 Å². The third-order valence-corrected chi connectivity index (χ3v) is 3.06. The molecule has 1 unspecified atom stereocenters. The van der Waals surface area contributed by atoms with Crippen LogP contribution in [-0.4, -0.2) is 37.0 Å². The van der Waals surface area contributed by atoms with Crippen molar-refractivity contribution in [3.8, 4) is 5.75 Å². The number of aldehydes is 1. The minimum Gasteiger partial charge on any atom is -0.495 e. The highest BCUT2D eigenvalue weighted by Gasteiger charge is 2.26. The van der Waals surface area contributed by atoms with Gasteiger partial charge in [0, 0.05) is 7.05 Å². The molecule has 0 aromatic heterocycles. The predicted molar refractivity (Wildman–Crippen MR) is 80.8 cm³/mol. The Labute approximate surface area is 129 Å². The van der Waals surface area contributed by atoms with Crippen LogP contribution in [0.1, 0.15) is 32.4 Å². The Morgan fingerprint density at radius 2 is 2.00 bits per heavy atom. The van der Waals surface area contributed by atoms with Gasteiger partial charge in [0.2, 0.25) is 0 Å². The molecule has 1 amide bonds. The standard InChI is InChI=1S/C15H20ClNO4/c1-15(2,3)21-14(19)17(4)12(9-18)10-6-7-11(16)13(8-10)20-5/h6-9,12H,1-5H3. The number of likely N-dealkylation sites (N-methyl/N-ethyl adjacent to an activating group) is 1. The van der Waals surface area contributed by atoms with Crippen LogP contribution in [0, 0.1) is 0 Å². The largest absolute Gasteiger partial charge is 0.495 e. The molecule has 0 fully saturated rings. The molecule has 0 radical (unpaired) electrons. The highest BCUT2D eigenvalue weighted by Crippen LogP contribution is 2.29. The van der Waals surface area contributed by atoms with Crippen LogP contribution in [0.25, 0.3) is 0 Å². The quantitative estimate of drug-likeness (QED) is 0.799. The number of hydrogen-bond acceptors (Lipinski definition) is 4. The summed E-state index contributed by atoms with van der Waals surface area (Å²) >= 11 is 5.95. The van der Waals surface area contributed by atoms with Gasteiger partial charge in [-0.05, 0) is 38.5 Å². The summed E-state index contributed by atoms with van der Waals surface area (Å²) in [5, 5.41) is 0.436. The maximum absolute atomic E-state index is 12.0. The number of nitrogens with zero attached hydrogens (tertiary/aromatic N) is 1. The lowest BCUT2D eigenvalue weighted by Crippen LogP contribution is -2.37. The van der Waals surface area contributed by atoms with E-state index < -0.39 is 17.7 Å². The Bertz CT molecular complexity index is 525. The Morgan fingerprint density at radius 3 is 2.48 bits per heavy atom. The van der Waals surface area contributed by atoms with Crippen molar-refractivity contribution >= 4 is 24.0 Å². The van der Waals surface area contributed by atoms with E-state index in [4.69, 9.17) is 21.1 Å². The van der Waals surface area contributed by atoms with Crippen molar-refractivity contribution in [2.45, 2.75) is 32.4 Å². The number of rotatable bonds is 4. The average Bonchev–Trinajstić information content (AvgIpc) is 2.39. The van der Waals surface area contributed by atoms with Gasteiger partial charge in [-0.25, -0.2) is 4.79 Å². The molecule has 116 valence electrons. The lowest BCUT2D eigenvalue weighted by molar-refractivity contribution is -0.112. The summed E-state index contributed by atoms with van der Waals surface area (Å²) in [4.78, 5) is 24.7. The van der Waals surface area contributed by atoms with Gasteiger partial charge in [-0.3, -0.25) is 4.90 Å². The smallest absolute Gasteiger partial charge is 0.410 e. The average molecular weight is 314 g/mol. The molecule has 6 heteroatoms. The normalized spacial score (nSPS) is 12.5. The summed E-state index contributed by atoms with van der Waals surface area (Å²) in [7, 11) is 2.99. The van der Waals surface area contributed by atoms with Crippen molar-refractivity contribution in [2.24, 2.45) is 0 Å². The molecule has 0 bridgehead atoms. The van der Waals surface area contributed by atoms with E-state index in [9.17, 15) is 9.59 Å². The first-order valence-corrected chi connectivity index (χ1v) is 6.82. The first-order valence-electron chi connectivity index (χ1n) is 6.44. The number of methoxy groups -OCH3 is 1. The summed E-state index contributed by atoms with van der Waals surface area (Å²) < 4.78 is 10.4. The van der Waals surface area contributed by atoms with Crippen LogP contribution in [0.2, 0.25) is 5.02 Å². The zero-order valence-corrected chi connectivity index (χ0v) is 13.6. The third-order valence-electron chi connectivity index (χ3n) is 2.74. The van der Waals surface area contributed by atoms with Crippen molar-refractivity contribution in [1.82, 2.24) is 4.90 Å². The SMILES string of the molecule is COc1cc(C(C=O)N(C)C(=O)OC(C)(C)C)ccc1Cl. The molecule has 0 heterocycles. The second kappa shape index (κ2) is 6.80. The van der Waals surface area contributed by atoms with Crippen LogP contribution in [0.3, 0.4) is 0 Å². The number of ether oxygens (including phenoxy) is 2. The summed E-state index contributed by atoms with van der Waals surface area (Å²) in [6.45, 7) is 5.29. The van der Waals surface area contributed by atoms with Gasteiger partial charge in [-0.15, -0.1) is 0 Å². The molecule has 1 rings (SSSR count). The lowest BCUT2D eigenvalue weighted by Gasteiger charge is -2.28. The molecule has 21 heavy (non-hydrogen) atoms. The minimum atomic E-state index is -0.772. The number of carbonyl (C=O) groups is 2. The van der Waals surface area contributed by atoms with E-state index in [1.165, 1.54) is 19.1 Å². The van der Waals surface area contributed by atoms with Crippen LogP contribution < -0.4 is 4.74 Å². The number of halogens is 1. The van der Waals surface area contributed by atoms with Gasteiger partial charge in [0.15, 0.2) is 0 Å². The minimum absolute atomic E-state index is 0.436. The van der Waals surface area contributed by atoms with Crippen molar-refractivity contribution in [1.29, 1.82) is 0 Å². The zero-order chi connectivity index (χ0) is 16.2. The van der Waals surface area contributed by atoms with Gasteiger partial charge >= 0.3 is 6.09 Å². The Balaban J connectivity index is 3.02. The molecule has 1 atom stereocenters. The highest BCUT2D eigenvalue weighted by atomic mass is 35.5. The van der Waals surface area contributed by atoms with Crippen molar-refractivity contribution in [3.05, 3.63) is 28.8 Å². The van der Waals surface area contributed by atoms with Crippen LogP contribution in [0.5, 0.6) is 5.75 Å². The summed E-state index contributed by atoms with van der Waals surface area (Å²) in [5.41, 5.74) is -0.0316. The van der Waals surface area contributed by atoms with Crippen LogP contribution >= 0.6 is 11.6 Å². The third kappa shape index (κ3) is 4.63. The molecule has 1 aromatic carbocycles. The van der Waals surface area contributed by atoms with E-state index in [-0.39, 0.29) is 0 Å². The Morgan fingerprint density at radius 1 is 1.38 bits per heavy atom. The molecule has 0 saturated carbocycles. The summed E-state index contributed by atoms with van der Waals surface area (Å²) in [6.07, 6.45) is 0.0978. The maximum Gasteiger partial charge on any atom is 0.410 e. The molecule has 0 spiro atoms. The van der Waals surface area contributed by atoms with E-state index in [2.05, 4.69) is 0 Å². The summed E-state index contributed by atoms with van der Waals surface area (Å²) in [6, 6.07) is 4.15. The number of carbonyl (C=O) groups excluding carboxylic acids is 2. The zero-order valence-electron chi connectivity index (χ0n) is 12.8. The second-order valence-corrected chi connectivity index (χ2v) is 5.97. The molecular formula is C15H20ClNO4. The topological polar surface area (TPSA) is 55.8 Å². The number of hydrogen-bond donors (Lipinski definition) is 0. The van der Waals surface area contributed by atoms with E-state index in [1.54, 1.807) is 39.0 Å². The van der Waals surface area contributed by atoms with Gasteiger partial charge in [0.1, 0.15) is 23.7 Å². The highest BCUT2D eigenvalue weighted by molar-refractivity contribution is 6.32. The second-order valence-electron chi connectivity index (χ2n) is 5.57. The lowest BCUT2D eigenvalue weighted by atomic mass is 10.1. The number of amides is 1. The van der Waals surface area contributed by atoms with E-state index >= 15 is 0 Å². The Hall–Kier alpha value is -1.75. The fourth-order valence-electron chi connectivity index (χ4n) is 1.70. The molecule has 1 aromatic rings. The summed E-state index contributed by atoms with van der Waals surface area (Å²) in [5.74, 6) is 0.443. The first-order chi connectivity index (χ1) is 9.69. The van der Waals surface area contributed by atoms with Crippen LogP contribution in [-0.2, 0) is 9.53 Å². The van der Waals surface area contributed by atoms with Crippen LogP contribution in [0.15, 0.2) is 18.2 Å². The first kappa shape index (κ1) is 17.3. The van der Waals surface area contributed by atoms with Crippen molar-refractivity contribution in [2.75, 3.05) is 14.2 Å². The fraction of sp³-hybridized carbons (Fsp3) is 0.467. The van der Waals surface area contributed by atoms with Gasteiger partial charge in [-0.1, -0.05) is 17.7 Å². The molecule has 0 aliphatic rings. The van der Waals surface area contributed by atoms with E-state index in [1.807, 2.05) is 0 Å². The fourth-order valence-corrected chi connectivity index (χ4v) is 1.90. The van der Waals surface area contributed by atoms with Gasteiger partial charge < -0.3 is 14.3 Å². The van der Waals surface area contributed by atoms with E-state index in [0.717, 1.165) is 0 Å². The molecule has 0 saturated heterocycles. The van der Waals surface area contributed by atoms with E-state index in [0.29, 0.717) is 22.6 Å². The van der Waals surface area contributed by atoms with Crippen LogP contribution in [0.4, 0.5) is 4.79 Å².